The van der Waals surface area contributed by atoms with Crippen LogP contribution >= 0.6 is 15.9 Å². The molecule has 1 aromatic carbocycles. The third-order valence-electron chi connectivity index (χ3n) is 1.70. The summed E-state index contributed by atoms with van der Waals surface area (Å²) < 4.78 is 0.913. The second-order valence-electron chi connectivity index (χ2n) is 2.65. The number of rotatable bonds is 2. The van der Waals surface area contributed by atoms with Gasteiger partial charge in [-0.05, 0) is 24.6 Å². The van der Waals surface area contributed by atoms with Crippen molar-refractivity contribution in [2.75, 3.05) is 5.32 Å². The van der Waals surface area contributed by atoms with Crippen LogP contribution in [0.3, 0.4) is 0 Å². The van der Waals surface area contributed by atoms with Gasteiger partial charge in [0.2, 0.25) is 0 Å². The van der Waals surface area contributed by atoms with Crippen LogP contribution in [0.2, 0.25) is 0 Å². The topological polar surface area (TPSA) is 61.7 Å². The molecule has 0 aromatic heterocycles. The van der Waals surface area contributed by atoms with E-state index in [1.54, 1.807) is 6.07 Å². The monoisotopic (exact) mass is 256 g/mol. The minimum Gasteiger partial charge on any atom is -0.411 e. The fraction of sp³-hybridized carbons (Fsp3) is 0.111. The molecule has 0 fully saturated rings. The van der Waals surface area contributed by atoms with Gasteiger partial charge in [-0.15, -0.1) is 0 Å². The molecule has 0 radical (unpaired) electrons. The largest absolute Gasteiger partial charge is 0.411 e. The lowest BCUT2D eigenvalue weighted by atomic mass is 10.2. The highest BCUT2D eigenvalue weighted by molar-refractivity contribution is 9.10. The van der Waals surface area contributed by atoms with Gasteiger partial charge in [0.1, 0.15) is 6.21 Å². The van der Waals surface area contributed by atoms with Crippen LogP contribution in [0, 0.1) is 6.92 Å². The van der Waals surface area contributed by atoms with E-state index < -0.39 is 5.91 Å². The van der Waals surface area contributed by atoms with Gasteiger partial charge in [-0.3, -0.25) is 4.79 Å². The molecule has 0 saturated carbocycles. The Morgan fingerprint density at radius 2 is 2.36 bits per heavy atom. The molecular formula is C9H9BrN2O2. The number of halogens is 1. The standard InChI is InChI=1S/C9H9BrN2O2/c1-6-7(10)3-2-4-8(6)12-9(13)5-11-14/h2-5,14H,1H3,(H,12,13)/b11-5+. The maximum atomic E-state index is 11.0. The molecule has 1 amide bonds. The summed E-state index contributed by atoms with van der Waals surface area (Å²) in [5.41, 5.74) is 1.61. The lowest BCUT2D eigenvalue weighted by molar-refractivity contribution is -0.110. The predicted octanol–water partition coefficient (Wildman–Crippen LogP) is 2.16. The van der Waals surface area contributed by atoms with Gasteiger partial charge >= 0.3 is 0 Å². The van der Waals surface area contributed by atoms with Gasteiger partial charge in [0.15, 0.2) is 0 Å². The second kappa shape index (κ2) is 4.76. The summed E-state index contributed by atoms with van der Waals surface area (Å²) in [6.45, 7) is 1.87. The van der Waals surface area contributed by atoms with E-state index >= 15 is 0 Å². The van der Waals surface area contributed by atoms with Crippen LogP contribution in [0.5, 0.6) is 0 Å². The van der Waals surface area contributed by atoms with Crippen molar-refractivity contribution >= 4 is 33.7 Å². The fourth-order valence-electron chi connectivity index (χ4n) is 0.960. The van der Waals surface area contributed by atoms with Crippen molar-refractivity contribution in [3.63, 3.8) is 0 Å². The highest BCUT2D eigenvalue weighted by Crippen LogP contribution is 2.23. The van der Waals surface area contributed by atoms with E-state index in [2.05, 4.69) is 26.4 Å². The maximum Gasteiger partial charge on any atom is 0.270 e. The molecule has 14 heavy (non-hydrogen) atoms. The van der Waals surface area contributed by atoms with Crippen molar-refractivity contribution in [2.24, 2.45) is 5.16 Å². The molecule has 1 rings (SSSR count). The summed E-state index contributed by atoms with van der Waals surface area (Å²) in [5, 5.41) is 13.3. The summed E-state index contributed by atoms with van der Waals surface area (Å²) in [4.78, 5) is 11.0. The number of carbonyl (C=O) groups is 1. The van der Waals surface area contributed by atoms with E-state index in [1.165, 1.54) is 0 Å². The van der Waals surface area contributed by atoms with Gasteiger partial charge in [-0.2, -0.15) is 0 Å². The smallest absolute Gasteiger partial charge is 0.270 e. The summed E-state index contributed by atoms with van der Waals surface area (Å²) in [6.07, 6.45) is 0.806. The Balaban J connectivity index is 2.87. The number of carbonyl (C=O) groups excluding carboxylic acids is 1. The SMILES string of the molecule is Cc1c(Br)cccc1NC(=O)/C=N/O. The Morgan fingerprint density at radius 1 is 1.64 bits per heavy atom. The summed E-state index contributed by atoms with van der Waals surface area (Å²) in [7, 11) is 0. The number of oxime groups is 1. The van der Waals surface area contributed by atoms with Gasteiger partial charge in [-0.25, -0.2) is 0 Å². The van der Waals surface area contributed by atoms with Crippen LogP contribution in [-0.2, 0) is 4.79 Å². The average molecular weight is 257 g/mol. The maximum absolute atomic E-state index is 11.0. The van der Waals surface area contributed by atoms with E-state index in [0.717, 1.165) is 16.3 Å². The number of benzene rings is 1. The highest BCUT2D eigenvalue weighted by atomic mass is 79.9. The summed E-state index contributed by atoms with van der Waals surface area (Å²) >= 11 is 3.34. The van der Waals surface area contributed by atoms with Crippen LogP contribution in [0.25, 0.3) is 0 Å². The molecule has 0 saturated heterocycles. The predicted molar refractivity (Wildman–Crippen MR) is 57.8 cm³/mol. The number of amides is 1. The minimum atomic E-state index is -0.464. The number of nitrogens with zero attached hydrogens (tertiary/aromatic N) is 1. The number of hydrogen-bond acceptors (Lipinski definition) is 3. The summed E-state index contributed by atoms with van der Waals surface area (Å²) in [5.74, 6) is -0.464. The molecule has 0 heterocycles. The lowest BCUT2D eigenvalue weighted by Crippen LogP contribution is -2.13. The van der Waals surface area contributed by atoms with Crippen LogP contribution in [0.15, 0.2) is 27.8 Å². The van der Waals surface area contributed by atoms with Gasteiger partial charge in [0.05, 0.1) is 0 Å². The zero-order chi connectivity index (χ0) is 10.6. The first-order valence-electron chi connectivity index (χ1n) is 3.88. The fourth-order valence-corrected chi connectivity index (χ4v) is 1.33. The van der Waals surface area contributed by atoms with E-state index in [-0.39, 0.29) is 0 Å². The third-order valence-corrected chi connectivity index (χ3v) is 2.56. The molecule has 0 atom stereocenters. The van der Waals surface area contributed by atoms with Crippen LogP contribution in [0.4, 0.5) is 5.69 Å². The zero-order valence-corrected chi connectivity index (χ0v) is 9.08. The molecule has 5 heteroatoms. The van der Waals surface area contributed by atoms with Crippen molar-refractivity contribution in [3.05, 3.63) is 28.2 Å². The van der Waals surface area contributed by atoms with Crippen LogP contribution < -0.4 is 5.32 Å². The van der Waals surface area contributed by atoms with E-state index in [4.69, 9.17) is 5.21 Å². The first-order valence-corrected chi connectivity index (χ1v) is 4.68. The Labute approximate surface area is 89.7 Å². The van der Waals surface area contributed by atoms with E-state index in [9.17, 15) is 4.79 Å². The van der Waals surface area contributed by atoms with Crippen molar-refractivity contribution in [2.45, 2.75) is 6.92 Å². The molecule has 0 aliphatic heterocycles. The molecule has 0 aliphatic rings. The third kappa shape index (κ3) is 2.56. The van der Waals surface area contributed by atoms with Crippen molar-refractivity contribution in [1.82, 2.24) is 0 Å². The molecule has 0 unspecified atom stereocenters. The van der Waals surface area contributed by atoms with Crippen molar-refractivity contribution in [3.8, 4) is 0 Å². The zero-order valence-electron chi connectivity index (χ0n) is 7.49. The molecule has 0 aliphatic carbocycles. The Hall–Kier alpha value is -1.36. The normalized spacial score (nSPS) is 10.4. The van der Waals surface area contributed by atoms with E-state index in [1.807, 2.05) is 19.1 Å². The minimum absolute atomic E-state index is 0.464. The van der Waals surface area contributed by atoms with Crippen molar-refractivity contribution in [1.29, 1.82) is 0 Å². The van der Waals surface area contributed by atoms with Crippen LogP contribution in [0.1, 0.15) is 5.56 Å². The molecule has 4 nitrogen and oxygen atoms in total. The summed E-state index contributed by atoms with van der Waals surface area (Å²) in [6, 6.07) is 5.46. The van der Waals surface area contributed by atoms with Crippen molar-refractivity contribution < 1.29 is 10.0 Å². The van der Waals surface area contributed by atoms with Gasteiger partial charge in [0, 0.05) is 10.2 Å². The second-order valence-corrected chi connectivity index (χ2v) is 3.50. The Kier molecular flexibility index (Phi) is 3.64. The highest BCUT2D eigenvalue weighted by Gasteiger charge is 2.03. The first kappa shape index (κ1) is 10.7. The number of hydrogen-bond donors (Lipinski definition) is 2. The lowest BCUT2D eigenvalue weighted by Gasteiger charge is -2.06. The molecular weight excluding hydrogens is 248 g/mol. The van der Waals surface area contributed by atoms with Gasteiger partial charge in [0.25, 0.3) is 5.91 Å². The molecule has 74 valence electrons. The quantitative estimate of drug-likeness (QED) is 0.484. The Bertz CT molecular complexity index is 377. The van der Waals surface area contributed by atoms with E-state index in [0.29, 0.717) is 5.69 Å². The van der Waals surface area contributed by atoms with Crippen LogP contribution in [-0.4, -0.2) is 17.3 Å². The molecule has 1 aromatic rings. The molecule has 0 bridgehead atoms. The van der Waals surface area contributed by atoms with Gasteiger partial charge in [-0.1, -0.05) is 27.2 Å². The number of nitrogens with one attached hydrogen (secondary N) is 1. The average Bonchev–Trinajstić information content (AvgIpc) is 2.13. The first-order chi connectivity index (χ1) is 6.65. The molecule has 2 N–H and O–H groups in total. The Morgan fingerprint density at radius 3 is 3.00 bits per heavy atom. The number of anilines is 1. The molecule has 0 spiro atoms. The van der Waals surface area contributed by atoms with Gasteiger partial charge < -0.3 is 10.5 Å².